The van der Waals surface area contributed by atoms with E-state index >= 15 is 0 Å². The summed E-state index contributed by atoms with van der Waals surface area (Å²) < 4.78 is 22.4. The maximum absolute atomic E-state index is 11.2. The lowest BCUT2D eigenvalue weighted by Gasteiger charge is -2.06. The highest BCUT2D eigenvalue weighted by molar-refractivity contribution is 7.90. The van der Waals surface area contributed by atoms with Gasteiger partial charge < -0.3 is 5.73 Å². The molecule has 0 saturated carbocycles. The average molecular weight is 211 g/mol. The lowest BCUT2D eigenvalue weighted by atomic mass is 10.1. The van der Waals surface area contributed by atoms with Gasteiger partial charge in [0.2, 0.25) is 0 Å². The predicted molar refractivity (Wildman–Crippen MR) is 58.7 cm³/mol. The Morgan fingerprint density at radius 1 is 1.43 bits per heavy atom. The first-order valence-electron chi connectivity index (χ1n) is 4.08. The second kappa shape index (κ2) is 3.46. The van der Waals surface area contributed by atoms with Crippen molar-refractivity contribution in [3.63, 3.8) is 0 Å². The van der Waals surface area contributed by atoms with Gasteiger partial charge in [-0.05, 0) is 30.2 Å². The van der Waals surface area contributed by atoms with Crippen molar-refractivity contribution in [1.82, 2.24) is 0 Å². The molecule has 2 N–H and O–H groups in total. The number of nitrogens with two attached hydrogens (primary N) is 1. The van der Waals surface area contributed by atoms with Crippen molar-refractivity contribution >= 4 is 21.1 Å². The van der Waals surface area contributed by atoms with E-state index in [0.717, 1.165) is 17.4 Å². The van der Waals surface area contributed by atoms with Gasteiger partial charge in [0.05, 0.1) is 4.90 Å². The quantitative estimate of drug-likeness (QED) is 0.757. The molecule has 0 bridgehead atoms. The molecule has 0 saturated heterocycles. The van der Waals surface area contributed by atoms with Gasteiger partial charge in [0.25, 0.3) is 0 Å². The van der Waals surface area contributed by atoms with Crippen molar-refractivity contribution in [1.29, 1.82) is 0 Å². The van der Waals surface area contributed by atoms with Gasteiger partial charge in [-0.25, -0.2) is 8.42 Å². The van der Waals surface area contributed by atoms with Gasteiger partial charge in [-0.3, -0.25) is 0 Å². The fourth-order valence-electron chi connectivity index (χ4n) is 1.16. The molecule has 0 aliphatic heterocycles. The molecular weight excluding hydrogens is 198 g/mol. The first kappa shape index (κ1) is 10.8. The van der Waals surface area contributed by atoms with E-state index < -0.39 is 9.84 Å². The molecule has 1 rings (SSSR count). The van der Waals surface area contributed by atoms with E-state index in [-0.39, 0.29) is 4.90 Å². The maximum Gasteiger partial charge on any atom is 0.175 e. The summed E-state index contributed by atoms with van der Waals surface area (Å²) in [5.41, 5.74) is 7.75. The second-order valence-corrected chi connectivity index (χ2v) is 5.32. The molecule has 0 fully saturated rings. The molecule has 0 unspecified atom stereocenters. The van der Waals surface area contributed by atoms with E-state index in [1.54, 1.807) is 6.07 Å². The molecule has 4 heteroatoms. The lowest BCUT2D eigenvalue weighted by molar-refractivity contribution is 0.602. The summed E-state index contributed by atoms with van der Waals surface area (Å²) in [4.78, 5) is 0.236. The number of benzene rings is 1. The Bertz CT molecular complexity index is 475. The molecule has 14 heavy (non-hydrogen) atoms. The van der Waals surface area contributed by atoms with Crippen LogP contribution in [-0.2, 0) is 9.84 Å². The molecule has 3 nitrogen and oxygen atoms in total. The van der Waals surface area contributed by atoms with Crippen LogP contribution in [0.2, 0.25) is 0 Å². The second-order valence-electron chi connectivity index (χ2n) is 3.30. The zero-order valence-electron chi connectivity index (χ0n) is 8.24. The predicted octanol–water partition coefficient (Wildman–Crippen LogP) is 1.71. The molecular formula is C10H13NO2S. The van der Waals surface area contributed by atoms with Crippen LogP contribution in [0.4, 0.5) is 5.69 Å². The molecule has 76 valence electrons. The molecule has 0 radical (unpaired) electrons. The molecule has 0 spiro atoms. The fraction of sp³-hybridized carbons (Fsp3) is 0.200. The van der Waals surface area contributed by atoms with Gasteiger partial charge in [0.1, 0.15) is 0 Å². The Labute approximate surface area is 84.2 Å². The van der Waals surface area contributed by atoms with E-state index in [2.05, 4.69) is 6.58 Å². The molecule has 0 aliphatic carbocycles. The highest BCUT2D eigenvalue weighted by Crippen LogP contribution is 2.22. The summed E-state index contributed by atoms with van der Waals surface area (Å²) in [5, 5.41) is 0. The van der Waals surface area contributed by atoms with Crippen LogP contribution in [0.1, 0.15) is 12.5 Å². The van der Waals surface area contributed by atoms with E-state index in [0.29, 0.717) is 5.69 Å². The Hall–Kier alpha value is -1.29. The number of nitrogen functional groups attached to an aromatic ring is 1. The highest BCUT2D eigenvalue weighted by Gasteiger charge is 2.09. The molecule has 1 aromatic rings. The number of anilines is 1. The van der Waals surface area contributed by atoms with Gasteiger partial charge in [-0.1, -0.05) is 12.6 Å². The molecule has 0 aliphatic rings. The molecule has 0 atom stereocenters. The van der Waals surface area contributed by atoms with Gasteiger partial charge >= 0.3 is 0 Å². The topological polar surface area (TPSA) is 60.2 Å². The van der Waals surface area contributed by atoms with Crippen molar-refractivity contribution in [3.05, 3.63) is 30.3 Å². The van der Waals surface area contributed by atoms with Crippen LogP contribution in [0.25, 0.3) is 5.57 Å². The highest BCUT2D eigenvalue weighted by atomic mass is 32.2. The van der Waals surface area contributed by atoms with Crippen molar-refractivity contribution < 1.29 is 8.42 Å². The minimum Gasteiger partial charge on any atom is -0.398 e. The smallest absolute Gasteiger partial charge is 0.175 e. The largest absolute Gasteiger partial charge is 0.398 e. The van der Waals surface area contributed by atoms with E-state index in [1.807, 2.05) is 6.92 Å². The zero-order valence-corrected chi connectivity index (χ0v) is 9.06. The van der Waals surface area contributed by atoms with Crippen LogP contribution in [0.5, 0.6) is 0 Å². The minimum absolute atomic E-state index is 0.236. The van der Waals surface area contributed by atoms with Crippen molar-refractivity contribution in [2.75, 3.05) is 12.0 Å². The van der Waals surface area contributed by atoms with Crippen molar-refractivity contribution in [2.24, 2.45) is 0 Å². The molecule has 0 aromatic heterocycles. The van der Waals surface area contributed by atoms with Crippen molar-refractivity contribution in [2.45, 2.75) is 11.8 Å². The molecule has 0 amide bonds. The number of hydrogen-bond acceptors (Lipinski definition) is 3. The number of sulfone groups is 1. The van der Waals surface area contributed by atoms with Gasteiger partial charge in [0, 0.05) is 11.9 Å². The summed E-state index contributed by atoms with van der Waals surface area (Å²) in [6.07, 6.45) is 1.15. The fourth-order valence-corrected chi connectivity index (χ4v) is 1.82. The van der Waals surface area contributed by atoms with Crippen LogP contribution < -0.4 is 5.73 Å². The van der Waals surface area contributed by atoms with Gasteiger partial charge in [0.15, 0.2) is 9.84 Å². The van der Waals surface area contributed by atoms with Crippen LogP contribution in [0.3, 0.4) is 0 Å². The van der Waals surface area contributed by atoms with E-state index in [4.69, 9.17) is 5.73 Å². The lowest BCUT2D eigenvalue weighted by Crippen LogP contribution is -2.00. The Balaban J connectivity index is 3.34. The van der Waals surface area contributed by atoms with Gasteiger partial charge in [-0.2, -0.15) is 0 Å². The number of rotatable bonds is 2. The molecule has 1 aromatic carbocycles. The number of allylic oxidation sites excluding steroid dienone is 1. The summed E-state index contributed by atoms with van der Waals surface area (Å²) in [6, 6.07) is 4.67. The van der Waals surface area contributed by atoms with Crippen LogP contribution in [-0.4, -0.2) is 14.7 Å². The maximum atomic E-state index is 11.2. The van der Waals surface area contributed by atoms with E-state index in [1.165, 1.54) is 12.1 Å². The summed E-state index contributed by atoms with van der Waals surface area (Å²) in [6.45, 7) is 5.57. The first-order chi connectivity index (χ1) is 6.32. The Morgan fingerprint density at radius 3 is 2.36 bits per heavy atom. The normalized spacial score (nSPS) is 11.3. The average Bonchev–Trinajstić information content (AvgIpc) is 2.01. The van der Waals surface area contributed by atoms with E-state index in [9.17, 15) is 8.42 Å². The third-order valence-electron chi connectivity index (χ3n) is 1.91. The first-order valence-corrected chi connectivity index (χ1v) is 5.97. The summed E-state index contributed by atoms with van der Waals surface area (Å²) in [5.74, 6) is 0. The third kappa shape index (κ3) is 2.14. The standard InChI is InChI=1S/C10H13NO2S/c1-7(2)9-5-4-8(6-10(9)11)14(3,12)13/h4-6H,1,11H2,2-3H3. The monoisotopic (exact) mass is 211 g/mol. The Kier molecular flexibility index (Phi) is 2.66. The van der Waals surface area contributed by atoms with Crippen LogP contribution in [0.15, 0.2) is 29.7 Å². The van der Waals surface area contributed by atoms with Crippen LogP contribution in [0, 0.1) is 0 Å². The molecule has 0 heterocycles. The SMILES string of the molecule is C=C(C)c1ccc(S(C)(=O)=O)cc1N. The van der Waals surface area contributed by atoms with Crippen LogP contribution >= 0.6 is 0 Å². The summed E-state index contributed by atoms with van der Waals surface area (Å²) >= 11 is 0. The van der Waals surface area contributed by atoms with Gasteiger partial charge in [-0.15, -0.1) is 0 Å². The minimum atomic E-state index is -3.18. The zero-order chi connectivity index (χ0) is 10.9. The number of hydrogen-bond donors (Lipinski definition) is 1. The third-order valence-corrected chi connectivity index (χ3v) is 3.02. The van der Waals surface area contributed by atoms with Crippen molar-refractivity contribution in [3.8, 4) is 0 Å². The summed E-state index contributed by atoms with van der Waals surface area (Å²) in [7, 11) is -3.18. The Morgan fingerprint density at radius 2 is 2.00 bits per heavy atom.